The van der Waals surface area contributed by atoms with E-state index in [4.69, 9.17) is 11.6 Å². The zero-order valence-electron chi connectivity index (χ0n) is 10.7. The van der Waals surface area contributed by atoms with Gasteiger partial charge in [-0.2, -0.15) is 13.2 Å². The molecule has 0 unspecified atom stereocenters. The number of benzene rings is 1. The number of ether oxygens (including phenoxy) is 1. The molecule has 1 aromatic heterocycles. The van der Waals surface area contributed by atoms with Crippen LogP contribution in [0.2, 0.25) is 5.02 Å². The number of nitrogens with one attached hydrogen (secondary N) is 1. The molecule has 1 heterocycles. The van der Waals surface area contributed by atoms with E-state index >= 15 is 0 Å². The molecular formula is C13H11ClF3NO2S. The van der Waals surface area contributed by atoms with Crippen LogP contribution in [0.4, 0.5) is 13.2 Å². The highest BCUT2D eigenvalue weighted by atomic mass is 35.5. The van der Waals surface area contributed by atoms with Crippen molar-refractivity contribution in [1.29, 1.82) is 0 Å². The lowest BCUT2D eigenvalue weighted by atomic mass is 10.2. The first-order chi connectivity index (χ1) is 9.88. The molecule has 1 N–H and O–H groups in total. The number of halogens is 4. The van der Waals surface area contributed by atoms with Gasteiger partial charge >= 0.3 is 6.18 Å². The highest BCUT2D eigenvalue weighted by molar-refractivity contribution is 7.21. The highest BCUT2D eigenvalue weighted by Crippen LogP contribution is 2.34. The molecule has 0 fully saturated rings. The molecule has 0 atom stereocenters. The average molecular weight is 338 g/mol. The maximum absolute atomic E-state index is 11.9. The molecular weight excluding hydrogens is 327 g/mol. The predicted octanol–water partition coefficient (Wildman–Crippen LogP) is 3.86. The SMILES string of the molecule is O=C(NCCOCC(F)(F)F)c1sc2ccccc2c1Cl. The van der Waals surface area contributed by atoms with Crippen molar-refractivity contribution < 1.29 is 22.7 Å². The van der Waals surface area contributed by atoms with Gasteiger partial charge in [0.25, 0.3) is 5.91 Å². The zero-order valence-corrected chi connectivity index (χ0v) is 12.2. The number of rotatable bonds is 5. The van der Waals surface area contributed by atoms with Crippen LogP contribution >= 0.6 is 22.9 Å². The Morgan fingerprint density at radius 3 is 2.71 bits per heavy atom. The standard InChI is InChI=1S/C13H11ClF3NO2S/c14-10-8-3-1-2-4-9(8)21-11(10)12(19)18-5-6-20-7-13(15,16)17/h1-4H,5-7H2,(H,18,19). The number of fused-ring (bicyclic) bond motifs is 1. The summed E-state index contributed by atoms with van der Waals surface area (Å²) in [5.41, 5.74) is 0. The van der Waals surface area contributed by atoms with Crippen LogP contribution in [0.5, 0.6) is 0 Å². The van der Waals surface area contributed by atoms with E-state index in [9.17, 15) is 18.0 Å². The minimum absolute atomic E-state index is 0.0144. The van der Waals surface area contributed by atoms with E-state index < -0.39 is 18.7 Å². The summed E-state index contributed by atoms with van der Waals surface area (Å²) in [6.07, 6.45) is -4.36. The summed E-state index contributed by atoms with van der Waals surface area (Å²) in [7, 11) is 0. The summed E-state index contributed by atoms with van der Waals surface area (Å²) in [5.74, 6) is -0.420. The summed E-state index contributed by atoms with van der Waals surface area (Å²) in [5, 5.41) is 3.61. The molecule has 8 heteroatoms. The molecule has 1 amide bonds. The van der Waals surface area contributed by atoms with Gasteiger partial charge in [-0.1, -0.05) is 29.8 Å². The summed E-state index contributed by atoms with van der Waals surface area (Å²) in [4.78, 5) is 12.3. The molecule has 3 nitrogen and oxygen atoms in total. The quantitative estimate of drug-likeness (QED) is 0.841. The Hall–Kier alpha value is -1.31. The fourth-order valence-corrected chi connectivity index (χ4v) is 3.10. The maximum Gasteiger partial charge on any atom is 0.411 e. The van der Waals surface area contributed by atoms with E-state index in [2.05, 4.69) is 10.1 Å². The molecule has 0 aliphatic heterocycles. The molecule has 1 aromatic carbocycles. The third kappa shape index (κ3) is 4.33. The van der Waals surface area contributed by atoms with Crippen LogP contribution in [0, 0.1) is 0 Å². The Balaban J connectivity index is 1.89. The van der Waals surface area contributed by atoms with Crippen LogP contribution in [0.25, 0.3) is 10.1 Å². The van der Waals surface area contributed by atoms with Gasteiger partial charge in [0.05, 0.1) is 11.6 Å². The maximum atomic E-state index is 11.9. The van der Waals surface area contributed by atoms with Crippen LogP contribution in [0.15, 0.2) is 24.3 Å². The Morgan fingerprint density at radius 2 is 2.05 bits per heavy atom. The van der Waals surface area contributed by atoms with Crippen LogP contribution in [-0.2, 0) is 4.74 Å². The Morgan fingerprint density at radius 1 is 1.33 bits per heavy atom. The largest absolute Gasteiger partial charge is 0.411 e. The fourth-order valence-electron chi connectivity index (χ4n) is 1.66. The van der Waals surface area contributed by atoms with Gasteiger partial charge in [-0.25, -0.2) is 0 Å². The molecule has 0 aliphatic carbocycles. The number of thiophene rings is 1. The van der Waals surface area contributed by atoms with Gasteiger partial charge in [0.15, 0.2) is 0 Å². The predicted molar refractivity (Wildman–Crippen MR) is 76.0 cm³/mol. The second kappa shape index (κ2) is 6.64. The normalized spacial score (nSPS) is 11.8. The molecule has 0 radical (unpaired) electrons. The van der Waals surface area contributed by atoms with E-state index in [1.165, 1.54) is 11.3 Å². The monoisotopic (exact) mass is 337 g/mol. The van der Waals surface area contributed by atoms with Crippen molar-refractivity contribution in [3.8, 4) is 0 Å². The van der Waals surface area contributed by atoms with Gasteiger partial charge in [0.2, 0.25) is 0 Å². The van der Waals surface area contributed by atoms with Crippen molar-refractivity contribution in [2.24, 2.45) is 0 Å². The number of alkyl halides is 3. The molecule has 114 valence electrons. The van der Waals surface area contributed by atoms with Crippen molar-refractivity contribution in [1.82, 2.24) is 5.32 Å². The minimum Gasteiger partial charge on any atom is -0.370 e. The molecule has 2 aromatic rings. The van der Waals surface area contributed by atoms with Crippen LogP contribution in [0.1, 0.15) is 9.67 Å². The summed E-state index contributed by atoms with van der Waals surface area (Å²) in [6, 6.07) is 7.29. The molecule has 0 saturated heterocycles. The van der Waals surface area contributed by atoms with Crippen LogP contribution in [0.3, 0.4) is 0 Å². The summed E-state index contributed by atoms with van der Waals surface area (Å²) >= 11 is 7.36. The van der Waals surface area contributed by atoms with Crippen molar-refractivity contribution in [2.75, 3.05) is 19.8 Å². The smallest absolute Gasteiger partial charge is 0.370 e. The molecule has 0 aliphatic rings. The van der Waals surface area contributed by atoms with Crippen molar-refractivity contribution in [3.63, 3.8) is 0 Å². The van der Waals surface area contributed by atoms with E-state index in [1.807, 2.05) is 18.2 Å². The lowest BCUT2D eigenvalue weighted by Gasteiger charge is -2.08. The first-order valence-corrected chi connectivity index (χ1v) is 7.17. The lowest BCUT2D eigenvalue weighted by molar-refractivity contribution is -0.173. The number of carbonyl (C=O) groups is 1. The Labute approximate surface area is 127 Å². The number of carbonyl (C=O) groups excluding carboxylic acids is 1. The second-order valence-electron chi connectivity index (χ2n) is 4.16. The van der Waals surface area contributed by atoms with Gasteiger partial charge in [-0.15, -0.1) is 11.3 Å². The Bertz CT molecular complexity index is 642. The first kappa shape index (κ1) is 16.1. The number of amides is 1. The van der Waals surface area contributed by atoms with Crippen molar-refractivity contribution in [3.05, 3.63) is 34.2 Å². The first-order valence-electron chi connectivity index (χ1n) is 5.98. The molecule has 0 bridgehead atoms. The highest BCUT2D eigenvalue weighted by Gasteiger charge is 2.27. The van der Waals surface area contributed by atoms with Gasteiger partial charge < -0.3 is 10.1 Å². The lowest BCUT2D eigenvalue weighted by Crippen LogP contribution is -2.28. The summed E-state index contributed by atoms with van der Waals surface area (Å²) < 4.78 is 40.8. The third-order valence-electron chi connectivity index (χ3n) is 2.54. The van der Waals surface area contributed by atoms with Gasteiger partial charge in [-0.05, 0) is 6.07 Å². The topological polar surface area (TPSA) is 38.3 Å². The average Bonchev–Trinajstić information content (AvgIpc) is 2.75. The van der Waals surface area contributed by atoms with Crippen molar-refractivity contribution in [2.45, 2.75) is 6.18 Å². The molecule has 0 saturated carbocycles. The van der Waals surface area contributed by atoms with Crippen molar-refractivity contribution >= 4 is 38.9 Å². The fraction of sp³-hybridized carbons (Fsp3) is 0.308. The van der Waals surface area contributed by atoms with E-state index in [0.717, 1.165) is 10.1 Å². The van der Waals surface area contributed by atoms with E-state index in [1.54, 1.807) is 6.07 Å². The van der Waals surface area contributed by atoms with Gasteiger partial charge in [-0.3, -0.25) is 4.79 Å². The van der Waals surface area contributed by atoms with Gasteiger partial charge in [0.1, 0.15) is 11.5 Å². The molecule has 21 heavy (non-hydrogen) atoms. The van der Waals surface area contributed by atoms with Crippen LogP contribution in [-0.4, -0.2) is 31.8 Å². The second-order valence-corrected chi connectivity index (χ2v) is 5.60. The third-order valence-corrected chi connectivity index (χ3v) is 4.21. The van der Waals surface area contributed by atoms with Gasteiger partial charge in [0, 0.05) is 16.6 Å². The zero-order chi connectivity index (χ0) is 15.5. The Kier molecular flexibility index (Phi) is 5.08. The molecule has 2 rings (SSSR count). The van der Waals surface area contributed by atoms with E-state index in [0.29, 0.717) is 9.90 Å². The van der Waals surface area contributed by atoms with Crippen LogP contribution < -0.4 is 5.32 Å². The number of hydrogen-bond acceptors (Lipinski definition) is 3. The number of hydrogen-bond donors (Lipinski definition) is 1. The van der Waals surface area contributed by atoms with E-state index in [-0.39, 0.29) is 13.2 Å². The summed E-state index contributed by atoms with van der Waals surface area (Å²) in [6.45, 7) is -1.56. The minimum atomic E-state index is -4.36. The molecule has 0 spiro atoms.